The molecule has 0 fully saturated rings. The molecule has 0 N–H and O–H groups in total. The highest BCUT2D eigenvalue weighted by Crippen LogP contribution is 2.36. The van der Waals surface area contributed by atoms with E-state index >= 15 is 0 Å². The topological polar surface area (TPSA) is 39.4 Å². The molecule has 1 aliphatic rings. The highest BCUT2D eigenvalue weighted by atomic mass is 19.1. The summed E-state index contributed by atoms with van der Waals surface area (Å²) >= 11 is 0. The highest BCUT2D eigenvalue weighted by molar-refractivity contribution is 6.11. The van der Waals surface area contributed by atoms with Crippen molar-refractivity contribution >= 4 is 22.8 Å². The van der Waals surface area contributed by atoms with Gasteiger partial charge in [-0.1, -0.05) is 0 Å². The van der Waals surface area contributed by atoms with E-state index < -0.39 is 0 Å². The number of aryl methyl sites for hydroxylation is 1. The number of rotatable bonds is 2. The maximum atomic E-state index is 13.0. The number of ketones is 1. The molecule has 0 unspecified atom stereocenters. The van der Waals surface area contributed by atoms with Gasteiger partial charge in [-0.3, -0.25) is 4.79 Å². The fourth-order valence-electron chi connectivity index (χ4n) is 2.82. The van der Waals surface area contributed by atoms with E-state index in [4.69, 9.17) is 9.15 Å². The van der Waals surface area contributed by atoms with Crippen molar-refractivity contribution in [3.8, 4) is 5.75 Å². The summed E-state index contributed by atoms with van der Waals surface area (Å²) in [4.78, 5) is 12.7. The molecule has 3 aromatic rings. The lowest BCUT2D eigenvalue weighted by Crippen LogP contribution is -2.01. The Morgan fingerprint density at radius 1 is 1.13 bits per heavy atom. The van der Waals surface area contributed by atoms with Crippen LogP contribution in [0, 0.1) is 12.7 Å². The molecule has 2 heterocycles. The molecule has 0 bridgehead atoms. The molecular formula is C19H13FO3. The summed E-state index contributed by atoms with van der Waals surface area (Å²) < 4.78 is 24.5. The standard InChI is InChI=1S/C19H13FO3/c1-11-14-8-9-16-15(3-2-10-22-16)19(14)23-18(11)17(21)12-4-6-13(20)7-5-12/h2-9H,10H2,1H3. The molecule has 0 saturated carbocycles. The highest BCUT2D eigenvalue weighted by Gasteiger charge is 2.22. The summed E-state index contributed by atoms with van der Waals surface area (Å²) in [5, 5.41) is 0.879. The Labute approximate surface area is 132 Å². The molecule has 2 aromatic carbocycles. The molecule has 0 radical (unpaired) electrons. The Kier molecular flexibility index (Phi) is 3.05. The predicted molar refractivity (Wildman–Crippen MR) is 85.3 cm³/mol. The zero-order valence-electron chi connectivity index (χ0n) is 12.4. The van der Waals surface area contributed by atoms with Crippen molar-refractivity contribution in [2.24, 2.45) is 0 Å². The molecule has 4 heteroatoms. The molecule has 4 rings (SSSR count). The minimum atomic E-state index is -0.376. The van der Waals surface area contributed by atoms with Gasteiger partial charge in [0.1, 0.15) is 23.8 Å². The van der Waals surface area contributed by atoms with Gasteiger partial charge in [-0.2, -0.15) is 0 Å². The Morgan fingerprint density at radius 2 is 1.91 bits per heavy atom. The lowest BCUT2D eigenvalue weighted by atomic mass is 10.0. The van der Waals surface area contributed by atoms with Gasteiger partial charge in [-0.25, -0.2) is 4.39 Å². The lowest BCUT2D eigenvalue weighted by Gasteiger charge is -2.11. The van der Waals surface area contributed by atoms with E-state index in [9.17, 15) is 9.18 Å². The van der Waals surface area contributed by atoms with Crippen LogP contribution in [0.25, 0.3) is 17.0 Å². The van der Waals surface area contributed by atoms with Gasteiger partial charge in [0.25, 0.3) is 0 Å². The summed E-state index contributed by atoms with van der Waals surface area (Å²) in [6.45, 7) is 2.38. The Bertz CT molecular complexity index is 949. The molecule has 1 aromatic heterocycles. The summed E-state index contributed by atoms with van der Waals surface area (Å²) in [7, 11) is 0. The molecule has 0 spiro atoms. The van der Waals surface area contributed by atoms with Crippen molar-refractivity contribution in [1.82, 2.24) is 0 Å². The van der Waals surface area contributed by atoms with Crippen LogP contribution in [0.3, 0.4) is 0 Å². The first kappa shape index (κ1) is 13.8. The second-order valence-corrected chi connectivity index (χ2v) is 5.46. The first-order valence-electron chi connectivity index (χ1n) is 7.31. The average Bonchev–Trinajstić information content (AvgIpc) is 2.92. The van der Waals surface area contributed by atoms with Crippen molar-refractivity contribution in [2.75, 3.05) is 6.61 Å². The van der Waals surface area contributed by atoms with Gasteiger partial charge in [0, 0.05) is 16.5 Å². The second-order valence-electron chi connectivity index (χ2n) is 5.46. The molecule has 3 nitrogen and oxygen atoms in total. The smallest absolute Gasteiger partial charge is 0.228 e. The molecule has 0 amide bonds. The van der Waals surface area contributed by atoms with Crippen LogP contribution in [0.1, 0.15) is 27.2 Å². The van der Waals surface area contributed by atoms with E-state index in [-0.39, 0.29) is 17.4 Å². The number of ether oxygens (including phenoxy) is 1. The van der Waals surface area contributed by atoms with Gasteiger partial charge < -0.3 is 9.15 Å². The molecule has 1 aliphatic heterocycles. The number of carbonyl (C=O) groups excluding carboxylic acids is 1. The van der Waals surface area contributed by atoms with Crippen LogP contribution >= 0.6 is 0 Å². The number of carbonyl (C=O) groups is 1. The van der Waals surface area contributed by atoms with Crippen molar-refractivity contribution in [1.29, 1.82) is 0 Å². The van der Waals surface area contributed by atoms with Crippen molar-refractivity contribution in [2.45, 2.75) is 6.92 Å². The number of halogens is 1. The van der Waals surface area contributed by atoms with Crippen molar-refractivity contribution in [3.63, 3.8) is 0 Å². The van der Waals surface area contributed by atoms with E-state index in [0.29, 0.717) is 17.8 Å². The van der Waals surface area contributed by atoms with E-state index in [1.807, 2.05) is 31.2 Å². The molecule has 0 atom stereocenters. The van der Waals surface area contributed by atoms with Gasteiger partial charge >= 0.3 is 0 Å². The first-order valence-corrected chi connectivity index (χ1v) is 7.31. The van der Waals surface area contributed by atoms with E-state index in [0.717, 1.165) is 22.3 Å². The largest absolute Gasteiger partial charge is 0.489 e. The van der Waals surface area contributed by atoms with Gasteiger partial charge in [0.15, 0.2) is 5.76 Å². The van der Waals surface area contributed by atoms with Crippen LogP contribution in [0.15, 0.2) is 46.9 Å². The fourth-order valence-corrected chi connectivity index (χ4v) is 2.82. The molecule has 0 aliphatic carbocycles. The Hall–Kier alpha value is -2.88. The predicted octanol–water partition coefficient (Wildman–Crippen LogP) is 4.52. The molecule has 23 heavy (non-hydrogen) atoms. The third-order valence-corrected chi connectivity index (χ3v) is 4.04. The van der Waals surface area contributed by atoms with E-state index in [2.05, 4.69) is 0 Å². The van der Waals surface area contributed by atoms with E-state index in [1.165, 1.54) is 24.3 Å². The minimum Gasteiger partial charge on any atom is -0.489 e. The van der Waals surface area contributed by atoms with Crippen LogP contribution in [-0.2, 0) is 0 Å². The summed E-state index contributed by atoms with van der Waals surface area (Å²) in [5.74, 6) is 0.390. The summed E-state index contributed by atoms with van der Waals surface area (Å²) in [5.41, 5.74) is 2.65. The number of hydrogen-bond acceptors (Lipinski definition) is 3. The number of hydrogen-bond donors (Lipinski definition) is 0. The normalized spacial score (nSPS) is 13.0. The van der Waals surface area contributed by atoms with Crippen LogP contribution in [-0.4, -0.2) is 12.4 Å². The van der Waals surface area contributed by atoms with Gasteiger partial charge in [0.05, 0.1) is 5.56 Å². The molecule has 0 saturated heterocycles. The van der Waals surface area contributed by atoms with Gasteiger partial charge in [-0.05, 0) is 55.5 Å². The van der Waals surface area contributed by atoms with Crippen LogP contribution < -0.4 is 4.74 Å². The maximum Gasteiger partial charge on any atom is 0.228 e. The van der Waals surface area contributed by atoms with E-state index in [1.54, 1.807) is 0 Å². The van der Waals surface area contributed by atoms with Gasteiger partial charge in [-0.15, -0.1) is 0 Å². The van der Waals surface area contributed by atoms with Crippen LogP contribution in [0.4, 0.5) is 4.39 Å². The quantitative estimate of drug-likeness (QED) is 0.654. The number of furan rings is 1. The average molecular weight is 308 g/mol. The maximum absolute atomic E-state index is 13.0. The molecular weight excluding hydrogens is 295 g/mol. The SMILES string of the molecule is Cc1c(C(=O)c2ccc(F)cc2)oc2c3c(ccc12)OCC=C3. The minimum absolute atomic E-state index is 0.256. The van der Waals surface area contributed by atoms with Crippen LogP contribution in [0.2, 0.25) is 0 Å². The lowest BCUT2D eigenvalue weighted by molar-refractivity contribution is 0.101. The number of benzene rings is 2. The third kappa shape index (κ3) is 2.14. The van der Waals surface area contributed by atoms with Crippen LogP contribution in [0.5, 0.6) is 5.75 Å². The molecule has 114 valence electrons. The Morgan fingerprint density at radius 3 is 2.70 bits per heavy atom. The van der Waals surface area contributed by atoms with Gasteiger partial charge in [0.2, 0.25) is 5.78 Å². The van der Waals surface area contributed by atoms with Crippen molar-refractivity contribution < 1.29 is 18.3 Å². The zero-order chi connectivity index (χ0) is 16.0. The van der Waals surface area contributed by atoms with Crippen molar-refractivity contribution in [3.05, 3.63) is 70.7 Å². The zero-order valence-corrected chi connectivity index (χ0v) is 12.4. The third-order valence-electron chi connectivity index (χ3n) is 4.04. The second kappa shape index (κ2) is 5.09. The number of fused-ring (bicyclic) bond motifs is 3. The summed E-state index contributed by atoms with van der Waals surface area (Å²) in [6, 6.07) is 9.24. The Balaban J connectivity index is 1.88. The summed E-state index contributed by atoms with van der Waals surface area (Å²) in [6.07, 6.45) is 3.84. The fraction of sp³-hybridized carbons (Fsp3) is 0.105. The monoisotopic (exact) mass is 308 g/mol. The first-order chi connectivity index (χ1) is 11.1.